The number of carbonyl (C=O) groups is 1. The van der Waals surface area contributed by atoms with Crippen molar-refractivity contribution < 1.29 is 4.79 Å². The number of nitrogens with zero attached hydrogens (tertiary/aromatic N) is 3. The Morgan fingerprint density at radius 1 is 1.12 bits per heavy atom. The zero-order valence-corrected chi connectivity index (χ0v) is 17.0. The molecule has 2 aromatic rings. The Morgan fingerprint density at radius 3 is 2.42 bits per heavy atom. The molecule has 0 saturated heterocycles. The quantitative estimate of drug-likeness (QED) is 0.425. The van der Waals surface area contributed by atoms with Crippen molar-refractivity contribution in [3.8, 4) is 0 Å². The van der Waals surface area contributed by atoms with E-state index in [4.69, 9.17) is 0 Å². The maximum atomic E-state index is 12.2. The number of rotatable bonds is 7. The second-order valence-electron chi connectivity index (χ2n) is 7.21. The summed E-state index contributed by atoms with van der Waals surface area (Å²) in [6.45, 7) is 12.2. The SMILES string of the molecule is C/C(=N/NC(=O)SN(CC(C)C)CC(C)C)c1ccc2ccccc2n1. The van der Waals surface area contributed by atoms with E-state index in [1.54, 1.807) is 0 Å². The van der Waals surface area contributed by atoms with Gasteiger partial charge < -0.3 is 0 Å². The van der Waals surface area contributed by atoms with Gasteiger partial charge in [-0.2, -0.15) is 5.10 Å². The van der Waals surface area contributed by atoms with Gasteiger partial charge in [0, 0.05) is 30.4 Å². The van der Waals surface area contributed by atoms with Crippen molar-refractivity contribution in [1.29, 1.82) is 0 Å². The highest BCUT2D eigenvalue weighted by Gasteiger charge is 2.15. The molecule has 1 amide bonds. The van der Waals surface area contributed by atoms with Gasteiger partial charge in [0.25, 0.3) is 0 Å². The molecule has 0 unspecified atom stereocenters. The largest absolute Gasteiger partial charge is 0.314 e. The molecule has 1 N–H and O–H groups in total. The third kappa shape index (κ3) is 6.42. The van der Waals surface area contributed by atoms with Crippen LogP contribution in [0.3, 0.4) is 0 Å². The smallest absolute Gasteiger partial charge is 0.259 e. The number of hydrogen-bond donors (Lipinski definition) is 1. The number of amides is 1. The van der Waals surface area contributed by atoms with Crippen LogP contribution in [0.4, 0.5) is 4.79 Å². The van der Waals surface area contributed by atoms with Crippen molar-refractivity contribution in [2.24, 2.45) is 16.9 Å². The molecule has 6 heteroatoms. The van der Waals surface area contributed by atoms with E-state index in [9.17, 15) is 4.79 Å². The van der Waals surface area contributed by atoms with Gasteiger partial charge in [-0.15, -0.1) is 0 Å². The predicted molar refractivity (Wildman–Crippen MR) is 111 cm³/mol. The molecular weight excluding hydrogens is 344 g/mol. The van der Waals surface area contributed by atoms with E-state index in [1.165, 1.54) is 11.9 Å². The molecule has 0 radical (unpaired) electrons. The number of aromatic nitrogens is 1. The van der Waals surface area contributed by atoms with Crippen molar-refractivity contribution in [1.82, 2.24) is 14.7 Å². The van der Waals surface area contributed by atoms with Crippen LogP contribution in [0.25, 0.3) is 10.9 Å². The van der Waals surface area contributed by atoms with Gasteiger partial charge in [0.1, 0.15) is 0 Å². The monoisotopic (exact) mass is 372 g/mol. The summed E-state index contributed by atoms with van der Waals surface area (Å²) >= 11 is 1.20. The zero-order valence-electron chi connectivity index (χ0n) is 16.2. The molecule has 26 heavy (non-hydrogen) atoms. The third-order valence-corrected chi connectivity index (χ3v) is 4.45. The molecular formula is C20H28N4OS. The number of benzene rings is 1. The molecule has 0 bridgehead atoms. The molecule has 2 rings (SSSR count). The van der Waals surface area contributed by atoms with Crippen LogP contribution in [-0.2, 0) is 0 Å². The molecule has 1 heterocycles. The van der Waals surface area contributed by atoms with Crippen LogP contribution in [-0.4, -0.2) is 33.3 Å². The zero-order chi connectivity index (χ0) is 19.1. The van der Waals surface area contributed by atoms with Crippen molar-refractivity contribution in [2.45, 2.75) is 34.6 Å². The highest BCUT2D eigenvalue weighted by Crippen LogP contribution is 2.16. The van der Waals surface area contributed by atoms with E-state index in [2.05, 4.69) is 47.5 Å². The highest BCUT2D eigenvalue weighted by atomic mass is 32.2. The van der Waals surface area contributed by atoms with E-state index in [-0.39, 0.29) is 5.24 Å². The molecule has 140 valence electrons. The van der Waals surface area contributed by atoms with Gasteiger partial charge in [-0.3, -0.25) is 4.79 Å². The molecule has 0 spiro atoms. The topological polar surface area (TPSA) is 57.6 Å². The summed E-state index contributed by atoms with van der Waals surface area (Å²) in [5.41, 5.74) is 5.00. The molecule has 0 aliphatic carbocycles. The Hall–Kier alpha value is -1.92. The second-order valence-corrected chi connectivity index (χ2v) is 8.28. The summed E-state index contributed by atoms with van der Waals surface area (Å²) < 4.78 is 2.10. The van der Waals surface area contributed by atoms with Crippen LogP contribution in [0.5, 0.6) is 0 Å². The van der Waals surface area contributed by atoms with E-state index in [0.717, 1.165) is 29.7 Å². The van der Waals surface area contributed by atoms with Crippen LogP contribution in [0.1, 0.15) is 40.3 Å². The Kier molecular flexibility index (Phi) is 7.60. The lowest BCUT2D eigenvalue weighted by Crippen LogP contribution is -2.29. The van der Waals surface area contributed by atoms with Crippen molar-refractivity contribution in [3.05, 3.63) is 42.1 Å². The molecule has 1 aromatic carbocycles. The highest BCUT2D eigenvalue weighted by molar-refractivity contribution is 8.11. The Balaban J connectivity index is 2.00. The minimum Gasteiger partial charge on any atom is -0.259 e. The summed E-state index contributed by atoms with van der Waals surface area (Å²) in [4.78, 5) is 16.8. The number of para-hydroxylation sites is 1. The van der Waals surface area contributed by atoms with E-state index >= 15 is 0 Å². The molecule has 0 atom stereocenters. The maximum Gasteiger partial charge on any atom is 0.314 e. The third-order valence-electron chi connectivity index (χ3n) is 3.63. The fraction of sp³-hybridized carbons (Fsp3) is 0.450. The van der Waals surface area contributed by atoms with Gasteiger partial charge in [0.05, 0.1) is 16.9 Å². The molecule has 0 aliphatic heterocycles. The van der Waals surface area contributed by atoms with Gasteiger partial charge >= 0.3 is 5.24 Å². The Labute approximate surface area is 160 Å². The minimum absolute atomic E-state index is 0.175. The minimum atomic E-state index is -0.175. The van der Waals surface area contributed by atoms with E-state index < -0.39 is 0 Å². The van der Waals surface area contributed by atoms with Crippen LogP contribution in [0, 0.1) is 11.8 Å². The lowest BCUT2D eigenvalue weighted by Gasteiger charge is -2.23. The Bertz CT molecular complexity index is 763. The first-order valence-electron chi connectivity index (χ1n) is 8.98. The lowest BCUT2D eigenvalue weighted by molar-refractivity contribution is 0.259. The average molecular weight is 373 g/mol. The number of hydrazone groups is 1. The summed E-state index contributed by atoms with van der Waals surface area (Å²) in [5, 5.41) is 5.13. The van der Waals surface area contributed by atoms with Gasteiger partial charge in [-0.25, -0.2) is 14.7 Å². The molecule has 5 nitrogen and oxygen atoms in total. The van der Waals surface area contributed by atoms with Crippen LogP contribution in [0.15, 0.2) is 41.5 Å². The van der Waals surface area contributed by atoms with Crippen molar-refractivity contribution >= 4 is 33.8 Å². The van der Waals surface area contributed by atoms with Crippen LogP contribution in [0.2, 0.25) is 0 Å². The predicted octanol–water partition coefficient (Wildman–Crippen LogP) is 4.93. The molecule has 0 saturated carbocycles. The van der Waals surface area contributed by atoms with Gasteiger partial charge in [0.15, 0.2) is 0 Å². The van der Waals surface area contributed by atoms with E-state index in [1.807, 2.05) is 43.3 Å². The first-order valence-corrected chi connectivity index (χ1v) is 9.76. The van der Waals surface area contributed by atoms with E-state index in [0.29, 0.717) is 17.5 Å². The number of nitrogens with one attached hydrogen (secondary N) is 1. The average Bonchev–Trinajstić information content (AvgIpc) is 2.58. The molecule has 0 aliphatic rings. The standard InChI is InChI=1S/C20H28N4OS/c1-14(2)12-24(13-15(3)4)26-20(25)23-22-16(5)18-11-10-17-8-6-7-9-19(17)21-18/h6-11,14-15H,12-13H2,1-5H3,(H,23,25)/b22-16-. The number of hydrogen-bond acceptors (Lipinski definition) is 5. The summed E-state index contributed by atoms with van der Waals surface area (Å²) in [6.07, 6.45) is 0. The molecule has 0 fully saturated rings. The summed E-state index contributed by atoms with van der Waals surface area (Å²) in [7, 11) is 0. The first-order chi connectivity index (χ1) is 12.3. The Morgan fingerprint density at radius 2 is 1.77 bits per heavy atom. The fourth-order valence-electron chi connectivity index (χ4n) is 2.56. The van der Waals surface area contributed by atoms with Crippen LogP contribution < -0.4 is 5.43 Å². The van der Waals surface area contributed by atoms with Crippen molar-refractivity contribution in [2.75, 3.05) is 13.1 Å². The van der Waals surface area contributed by atoms with Gasteiger partial charge in [0.2, 0.25) is 0 Å². The summed E-state index contributed by atoms with van der Waals surface area (Å²) in [5.74, 6) is 1.00. The number of fused-ring (bicyclic) bond motifs is 1. The fourth-order valence-corrected chi connectivity index (χ4v) is 3.62. The molecule has 1 aromatic heterocycles. The van der Waals surface area contributed by atoms with Crippen molar-refractivity contribution in [3.63, 3.8) is 0 Å². The number of carbonyl (C=O) groups excluding carboxylic acids is 1. The summed E-state index contributed by atoms with van der Waals surface area (Å²) in [6, 6.07) is 11.9. The lowest BCUT2D eigenvalue weighted by atomic mass is 10.2. The van der Waals surface area contributed by atoms with Gasteiger partial charge in [-0.1, -0.05) is 52.0 Å². The van der Waals surface area contributed by atoms with Crippen LogP contribution >= 0.6 is 11.9 Å². The maximum absolute atomic E-state index is 12.2. The normalized spacial score (nSPS) is 12.4. The van der Waals surface area contributed by atoms with Gasteiger partial charge in [-0.05, 0) is 30.9 Å². The second kappa shape index (κ2) is 9.69. The first kappa shape index (κ1) is 20.4. The number of pyridine rings is 1.